The number of carbonyl (C=O) groups is 2. The molecule has 3 nitrogen and oxygen atoms in total. The first-order valence-electron chi connectivity index (χ1n) is 27.8. The molecule has 0 aliphatic rings. The monoisotopic (exact) mass is 831 g/mol. The Kier molecular flexibility index (Phi) is 47.5. The number of ether oxygens (including phenoxy) is 1. The average molecular weight is 831 g/mol. The van der Waals surface area contributed by atoms with E-state index in [-0.39, 0.29) is 11.9 Å². The molecule has 0 aromatic heterocycles. The first-order valence-corrected chi connectivity index (χ1v) is 27.8. The second-order valence-electron chi connectivity index (χ2n) is 19.5. The number of hydrogen-bond acceptors (Lipinski definition) is 3. The van der Waals surface area contributed by atoms with Crippen molar-refractivity contribution in [3.63, 3.8) is 0 Å². The molecule has 59 heavy (non-hydrogen) atoms. The molecule has 0 aliphatic heterocycles. The lowest BCUT2D eigenvalue weighted by Gasteiger charge is -2.32. The summed E-state index contributed by atoms with van der Waals surface area (Å²) in [7, 11) is 0. The minimum absolute atomic E-state index is 0.164. The van der Waals surface area contributed by atoms with Crippen LogP contribution in [-0.4, -0.2) is 11.9 Å². The molecule has 0 aromatic rings. The van der Waals surface area contributed by atoms with Gasteiger partial charge in [0.1, 0.15) is 0 Å². The predicted molar refractivity (Wildman–Crippen MR) is 262 cm³/mol. The average Bonchev–Trinajstić information content (AvgIpc) is 3.23. The van der Waals surface area contributed by atoms with Gasteiger partial charge in [0.25, 0.3) is 0 Å². The summed E-state index contributed by atoms with van der Waals surface area (Å²) in [5.41, 5.74) is -0.479. The van der Waals surface area contributed by atoms with Crippen molar-refractivity contribution in [1.29, 1.82) is 0 Å². The van der Waals surface area contributed by atoms with Gasteiger partial charge in [-0.2, -0.15) is 0 Å². The van der Waals surface area contributed by atoms with Crippen molar-refractivity contribution in [2.75, 3.05) is 0 Å². The Morgan fingerprint density at radius 3 is 0.678 bits per heavy atom. The van der Waals surface area contributed by atoms with E-state index in [0.717, 1.165) is 51.4 Å². The van der Waals surface area contributed by atoms with Gasteiger partial charge in [-0.25, -0.2) is 0 Å². The molecule has 0 spiro atoms. The van der Waals surface area contributed by atoms with Gasteiger partial charge in [-0.05, 0) is 25.7 Å². The lowest BCUT2D eigenvalue weighted by atomic mass is 9.74. The third kappa shape index (κ3) is 40.9. The Morgan fingerprint density at radius 2 is 0.458 bits per heavy atom. The maximum Gasteiger partial charge on any atom is 0.319 e. The van der Waals surface area contributed by atoms with E-state index in [9.17, 15) is 9.59 Å². The summed E-state index contributed by atoms with van der Waals surface area (Å²) in [6.07, 6.45) is 62.1. The van der Waals surface area contributed by atoms with Crippen molar-refractivity contribution in [3.8, 4) is 0 Å². The van der Waals surface area contributed by atoms with E-state index in [0.29, 0.717) is 6.42 Å². The number of rotatable bonds is 50. The molecule has 0 aliphatic carbocycles. The van der Waals surface area contributed by atoms with E-state index in [1.54, 1.807) is 0 Å². The number of esters is 2. The van der Waals surface area contributed by atoms with Crippen LogP contribution in [0, 0.1) is 5.41 Å². The first kappa shape index (κ1) is 58.1. The highest BCUT2D eigenvalue weighted by molar-refractivity contribution is 5.88. The quantitative estimate of drug-likeness (QED) is 0.0348. The SMILES string of the molecule is CCCCCCCCCCCCCCCCCC(=O)OC(=O)C(CCCCCCCC)(CCCCCCCCCCCC)CCCCCCCCCCCCCCCC. The largest absolute Gasteiger partial charge is 0.393 e. The van der Waals surface area contributed by atoms with Crippen molar-refractivity contribution < 1.29 is 14.3 Å². The highest BCUT2D eigenvalue weighted by Crippen LogP contribution is 2.39. The molecule has 0 bridgehead atoms. The molecule has 1 unspecified atom stereocenters. The van der Waals surface area contributed by atoms with Crippen LogP contribution in [0.4, 0.5) is 0 Å². The Bertz CT molecular complexity index is 837. The summed E-state index contributed by atoms with van der Waals surface area (Å²) in [4.78, 5) is 27.4. The highest BCUT2D eigenvalue weighted by atomic mass is 16.6. The van der Waals surface area contributed by atoms with E-state index >= 15 is 0 Å². The van der Waals surface area contributed by atoms with Gasteiger partial charge in [0.15, 0.2) is 0 Å². The molecule has 0 aromatic carbocycles. The third-order valence-electron chi connectivity index (χ3n) is 13.7. The van der Waals surface area contributed by atoms with E-state index in [1.807, 2.05) is 0 Å². The van der Waals surface area contributed by atoms with Gasteiger partial charge in [-0.1, -0.05) is 310 Å². The summed E-state index contributed by atoms with van der Waals surface area (Å²) in [5.74, 6) is -0.427. The van der Waals surface area contributed by atoms with Crippen molar-refractivity contribution >= 4 is 11.9 Å². The highest BCUT2D eigenvalue weighted by Gasteiger charge is 2.39. The number of unbranched alkanes of at least 4 members (excludes halogenated alkanes) is 41. The summed E-state index contributed by atoms with van der Waals surface area (Å²) >= 11 is 0. The predicted octanol–water partition coefficient (Wildman–Crippen LogP) is 20.2. The van der Waals surface area contributed by atoms with Crippen molar-refractivity contribution in [2.24, 2.45) is 5.41 Å². The summed E-state index contributed by atoms with van der Waals surface area (Å²) in [6.45, 7) is 9.16. The van der Waals surface area contributed by atoms with Crippen LogP contribution < -0.4 is 0 Å². The van der Waals surface area contributed by atoms with Gasteiger partial charge >= 0.3 is 11.9 Å². The molecule has 352 valence electrons. The number of carbonyl (C=O) groups excluding carboxylic acids is 2. The van der Waals surface area contributed by atoms with Crippen LogP contribution in [0.2, 0.25) is 0 Å². The van der Waals surface area contributed by atoms with Gasteiger partial charge < -0.3 is 4.74 Å². The normalized spacial score (nSPS) is 12.6. The van der Waals surface area contributed by atoms with Gasteiger partial charge in [0.2, 0.25) is 0 Å². The zero-order valence-corrected chi connectivity index (χ0v) is 41.4. The maximum atomic E-state index is 14.2. The lowest BCUT2D eigenvalue weighted by molar-refractivity contribution is -0.169. The fraction of sp³-hybridized carbons (Fsp3) is 0.964. The van der Waals surface area contributed by atoms with Crippen LogP contribution >= 0.6 is 0 Å². The maximum absolute atomic E-state index is 14.2. The van der Waals surface area contributed by atoms with Gasteiger partial charge in [-0.3, -0.25) is 9.59 Å². The molecule has 0 heterocycles. The van der Waals surface area contributed by atoms with Crippen molar-refractivity contribution in [1.82, 2.24) is 0 Å². The van der Waals surface area contributed by atoms with E-state index in [1.165, 1.54) is 257 Å². The van der Waals surface area contributed by atoms with E-state index in [4.69, 9.17) is 4.74 Å². The fourth-order valence-corrected chi connectivity index (χ4v) is 9.44. The summed E-state index contributed by atoms with van der Waals surface area (Å²) in [6, 6.07) is 0. The molecule has 0 saturated carbocycles. The van der Waals surface area contributed by atoms with Crippen LogP contribution in [-0.2, 0) is 14.3 Å². The smallest absolute Gasteiger partial charge is 0.319 e. The summed E-state index contributed by atoms with van der Waals surface area (Å²) < 4.78 is 5.86. The Balaban J connectivity index is 4.92. The van der Waals surface area contributed by atoms with Crippen LogP contribution in [0.3, 0.4) is 0 Å². The molecule has 0 radical (unpaired) electrons. The topological polar surface area (TPSA) is 43.4 Å². The minimum Gasteiger partial charge on any atom is -0.393 e. The van der Waals surface area contributed by atoms with Crippen LogP contribution in [0.15, 0.2) is 0 Å². The van der Waals surface area contributed by atoms with Crippen LogP contribution in [0.5, 0.6) is 0 Å². The molecule has 0 amide bonds. The standard InChI is InChI=1S/C56H110O3/c1-5-9-13-17-21-24-27-29-31-32-34-36-39-42-46-50-54(57)59-55(58)56(51-47-43-20-16-12-8-4,52-48-44-40-37-26-23-19-15-11-7-3)53-49-45-41-38-35-33-30-28-25-22-18-14-10-6-2/h5-53H2,1-4H3. The van der Waals surface area contributed by atoms with Gasteiger partial charge in [-0.15, -0.1) is 0 Å². The Hall–Kier alpha value is -0.860. The van der Waals surface area contributed by atoms with Crippen LogP contribution in [0.25, 0.3) is 0 Å². The molecular weight excluding hydrogens is 721 g/mol. The third-order valence-corrected chi connectivity index (χ3v) is 13.7. The zero-order valence-electron chi connectivity index (χ0n) is 41.4. The Morgan fingerprint density at radius 1 is 0.271 bits per heavy atom. The molecule has 0 fully saturated rings. The van der Waals surface area contributed by atoms with E-state index in [2.05, 4.69) is 27.7 Å². The van der Waals surface area contributed by atoms with Gasteiger partial charge in [0, 0.05) is 6.42 Å². The Labute approximate surface area is 372 Å². The molecular formula is C56H110O3. The van der Waals surface area contributed by atoms with Gasteiger partial charge in [0.05, 0.1) is 5.41 Å². The van der Waals surface area contributed by atoms with Crippen molar-refractivity contribution in [2.45, 2.75) is 342 Å². The molecule has 0 saturated heterocycles. The second-order valence-corrected chi connectivity index (χ2v) is 19.5. The first-order chi connectivity index (χ1) is 29.1. The molecule has 3 heteroatoms. The fourth-order valence-electron chi connectivity index (χ4n) is 9.44. The van der Waals surface area contributed by atoms with Crippen LogP contribution in [0.1, 0.15) is 342 Å². The zero-order chi connectivity index (χ0) is 43.0. The number of hydrogen-bond donors (Lipinski definition) is 0. The second kappa shape index (κ2) is 48.2. The summed E-state index contributed by atoms with van der Waals surface area (Å²) in [5, 5.41) is 0. The minimum atomic E-state index is -0.479. The molecule has 1 atom stereocenters. The van der Waals surface area contributed by atoms with E-state index < -0.39 is 5.41 Å². The van der Waals surface area contributed by atoms with Crippen molar-refractivity contribution in [3.05, 3.63) is 0 Å². The molecule has 0 rings (SSSR count). The molecule has 0 N–H and O–H groups in total. The lowest BCUT2D eigenvalue weighted by Crippen LogP contribution is -2.35.